The maximum atomic E-state index is 12.8. The highest BCUT2D eigenvalue weighted by Crippen LogP contribution is 2.27. The zero-order valence-electron chi connectivity index (χ0n) is 15.0. The quantitative estimate of drug-likeness (QED) is 0.787. The summed E-state index contributed by atoms with van der Waals surface area (Å²) in [6.07, 6.45) is 7.32. The minimum atomic E-state index is 0.0440. The van der Waals surface area contributed by atoms with E-state index in [0.29, 0.717) is 12.1 Å². The van der Waals surface area contributed by atoms with Crippen LogP contribution in [-0.4, -0.2) is 48.6 Å². The molecule has 0 saturated carbocycles. The van der Waals surface area contributed by atoms with Crippen molar-refractivity contribution in [1.82, 2.24) is 29.6 Å². The van der Waals surface area contributed by atoms with Gasteiger partial charge in [0.1, 0.15) is 11.6 Å². The third-order valence-electron chi connectivity index (χ3n) is 5.02. The van der Waals surface area contributed by atoms with Gasteiger partial charge in [0.2, 0.25) is 0 Å². The predicted molar refractivity (Wildman–Crippen MR) is 97.3 cm³/mol. The number of carbonyl (C=O) groups excluding carboxylic acids is 1. The number of amides is 1. The second kappa shape index (κ2) is 6.74. The molecule has 7 nitrogen and oxygen atoms in total. The van der Waals surface area contributed by atoms with Gasteiger partial charge in [0.25, 0.3) is 5.91 Å². The van der Waals surface area contributed by atoms with Crippen molar-refractivity contribution in [2.45, 2.75) is 32.6 Å². The fourth-order valence-electron chi connectivity index (χ4n) is 3.56. The molecule has 4 rings (SSSR count). The number of aromatic amines is 1. The van der Waals surface area contributed by atoms with Crippen LogP contribution in [-0.2, 0) is 0 Å². The minimum Gasteiger partial charge on any atom is -0.338 e. The zero-order chi connectivity index (χ0) is 18.1. The van der Waals surface area contributed by atoms with E-state index in [-0.39, 0.29) is 11.8 Å². The Labute approximate surface area is 152 Å². The second-order valence-electron chi connectivity index (χ2n) is 6.76. The van der Waals surface area contributed by atoms with Gasteiger partial charge in [-0.05, 0) is 38.8 Å². The SMILES string of the molecule is Cc1[nH]ncc1C(=O)N1CCCC(c2cccc(-n3ccnc3C)n2)C1. The number of nitrogens with zero attached hydrogens (tertiary/aromatic N) is 5. The normalized spacial score (nSPS) is 17.5. The summed E-state index contributed by atoms with van der Waals surface area (Å²) in [5.74, 6) is 2.06. The Bertz CT molecular complexity index is 928. The first-order valence-corrected chi connectivity index (χ1v) is 8.90. The molecular formula is C19H22N6O. The first-order valence-electron chi connectivity index (χ1n) is 8.90. The number of carbonyl (C=O) groups is 1. The highest BCUT2D eigenvalue weighted by molar-refractivity contribution is 5.95. The molecule has 0 spiro atoms. The maximum absolute atomic E-state index is 12.8. The Kier molecular flexibility index (Phi) is 4.28. The standard InChI is InChI=1S/C19H22N6O/c1-13-16(11-21-23-13)19(26)24-9-4-5-15(12-24)17-6-3-7-18(22-17)25-10-8-20-14(25)2/h3,6-8,10-11,15H,4-5,9,12H2,1-2H3,(H,21,23). The average Bonchev–Trinajstić information content (AvgIpc) is 3.29. The molecule has 1 fully saturated rings. The molecule has 134 valence electrons. The number of hydrogen-bond acceptors (Lipinski definition) is 4. The van der Waals surface area contributed by atoms with Gasteiger partial charge >= 0.3 is 0 Å². The number of piperidine rings is 1. The Morgan fingerprint density at radius 1 is 1.31 bits per heavy atom. The first kappa shape index (κ1) is 16.5. The molecule has 1 amide bonds. The van der Waals surface area contributed by atoms with Crippen LogP contribution in [0.5, 0.6) is 0 Å². The van der Waals surface area contributed by atoms with Crippen LogP contribution < -0.4 is 0 Å². The van der Waals surface area contributed by atoms with Crippen LogP contribution in [0.3, 0.4) is 0 Å². The third-order valence-corrected chi connectivity index (χ3v) is 5.02. The van der Waals surface area contributed by atoms with Crippen molar-refractivity contribution >= 4 is 5.91 Å². The van der Waals surface area contributed by atoms with Gasteiger partial charge in [-0.25, -0.2) is 9.97 Å². The lowest BCUT2D eigenvalue weighted by Crippen LogP contribution is -2.39. The van der Waals surface area contributed by atoms with Gasteiger partial charge in [-0.3, -0.25) is 14.5 Å². The van der Waals surface area contributed by atoms with Gasteiger partial charge in [-0.2, -0.15) is 5.10 Å². The minimum absolute atomic E-state index is 0.0440. The number of pyridine rings is 1. The molecule has 7 heteroatoms. The lowest BCUT2D eigenvalue weighted by molar-refractivity contribution is 0.0705. The molecule has 1 unspecified atom stereocenters. The van der Waals surface area contributed by atoms with Gasteiger partial charge in [0.15, 0.2) is 0 Å². The van der Waals surface area contributed by atoms with E-state index in [9.17, 15) is 4.79 Å². The van der Waals surface area contributed by atoms with Crippen LogP contribution in [0.15, 0.2) is 36.8 Å². The molecule has 1 aliphatic rings. The van der Waals surface area contributed by atoms with Gasteiger partial charge in [-0.1, -0.05) is 6.07 Å². The Hall–Kier alpha value is -2.96. The molecule has 1 N–H and O–H groups in total. The van der Waals surface area contributed by atoms with Crippen molar-refractivity contribution in [3.8, 4) is 5.82 Å². The molecule has 1 saturated heterocycles. The number of aryl methyl sites for hydroxylation is 2. The number of aromatic nitrogens is 5. The lowest BCUT2D eigenvalue weighted by Gasteiger charge is -2.32. The monoisotopic (exact) mass is 350 g/mol. The third kappa shape index (κ3) is 3.00. The van der Waals surface area contributed by atoms with Crippen LogP contribution in [0.4, 0.5) is 0 Å². The topological polar surface area (TPSA) is 79.7 Å². The predicted octanol–water partition coefficient (Wildman–Crippen LogP) is 2.63. The number of likely N-dealkylation sites (tertiary alicyclic amines) is 1. The van der Waals surface area contributed by atoms with Gasteiger partial charge in [0, 0.05) is 42.8 Å². The fourth-order valence-corrected chi connectivity index (χ4v) is 3.56. The summed E-state index contributed by atoms with van der Waals surface area (Å²) in [5, 5.41) is 6.81. The van der Waals surface area contributed by atoms with Crippen LogP contribution in [0.25, 0.3) is 5.82 Å². The van der Waals surface area contributed by atoms with Gasteiger partial charge < -0.3 is 4.90 Å². The number of imidazole rings is 1. The van der Waals surface area contributed by atoms with Crippen molar-refractivity contribution < 1.29 is 4.79 Å². The Morgan fingerprint density at radius 3 is 2.92 bits per heavy atom. The van der Waals surface area contributed by atoms with Crippen molar-refractivity contribution in [3.63, 3.8) is 0 Å². The molecule has 0 bridgehead atoms. The van der Waals surface area contributed by atoms with Crippen LogP contribution in [0.2, 0.25) is 0 Å². The summed E-state index contributed by atoms with van der Waals surface area (Å²) in [6.45, 7) is 5.30. The molecule has 0 aromatic carbocycles. The molecule has 4 heterocycles. The summed E-state index contributed by atoms with van der Waals surface area (Å²) in [4.78, 5) is 23.8. The number of H-pyrrole nitrogens is 1. The summed E-state index contributed by atoms with van der Waals surface area (Å²) in [6, 6.07) is 6.06. The Morgan fingerprint density at radius 2 is 2.19 bits per heavy atom. The van der Waals surface area contributed by atoms with E-state index in [4.69, 9.17) is 4.98 Å². The smallest absolute Gasteiger partial charge is 0.257 e. The van der Waals surface area contributed by atoms with Gasteiger partial charge in [-0.15, -0.1) is 0 Å². The van der Waals surface area contributed by atoms with E-state index >= 15 is 0 Å². The van der Waals surface area contributed by atoms with Crippen molar-refractivity contribution in [1.29, 1.82) is 0 Å². The molecule has 1 aliphatic heterocycles. The largest absolute Gasteiger partial charge is 0.338 e. The highest BCUT2D eigenvalue weighted by Gasteiger charge is 2.27. The molecule has 1 atom stereocenters. The highest BCUT2D eigenvalue weighted by atomic mass is 16.2. The summed E-state index contributed by atoms with van der Waals surface area (Å²) >= 11 is 0. The molecule has 0 aliphatic carbocycles. The first-order chi connectivity index (χ1) is 12.6. The molecular weight excluding hydrogens is 328 g/mol. The summed E-state index contributed by atoms with van der Waals surface area (Å²) in [7, 11) is 0. The molecule has 3 aromatic heterocycles. The van der Waals surface area contributed by atoms with E-state index in [1.165, 1.54) is 0 Å². The van der Waals surface area contributed by atoms with E-state index in [2.05, 4.69) is 21.2 Å². The molecule has 26 heavy (non-hydrogen) atoms. The average molecular weight is 350 g/mol. The number of nitrogens with one attached hydrogen (secondary N) is 1. The fraction of sp³-hybridized carbons (Fsp3) is 0.368. The van der Waals surface area contributed by atoms with Crippen LogP contribution >= 0.6 is 0 Å². The number of rotatable bonds is 3. The van der Waals surface area contributed by atoms with Crippen LogP contribution in [0.1, 0.15) is 46.3 Å². The molecule has 3 aromatic rings. The van der Waals surface area contributed by atoms with Crippen LogP contribution in [0, 0.1) is 13.8 Å². The van der Waals surface area contributed by atoms with Gasteiger partial charge in [0.05, 0.1) is 11.8 Å². The van der Waals surface area contributed by atoms with E-state index in [1.807, 2.05) is 41.6 Å². The lowest BCUT2D eigenvalue weighted by atomic mass is 9.93. The maximum Gasteiger partial charge on any atom is 0.257 e. The molecule has 0 radical (unpaired) electrons. The van der Waals surface area contributed by atoms with E-state index < -0.39 is 0 Å². The number of hydrogen-bond donors (Lipinski definition) is 1. The van der Waals surface area contributed by atoms with E-state index in [0.717, 1.165) is 42.4 Å². The Balaban J connectivity index is 1.56. The summed E-state index contributed by atoms with van der Waals surface area (Å²) < 4.78 is 1.98. The van der Waals surface area contributed by atoms with Crippen molar-refractivity contribution in [2.75, 3.05) is 13.1 Å². The van der Waals surface area contributed by atoms with Crippen molar-refractivity contribution in [3.05, 3.63) is 59.6 Å². The summed E-state index contributed by atoms with van der Waals surface area (Å²) in [5.41, 5.74) is 2.49. The van der Waals surface area contributed by atoms with Crippen molar-refractivity contribution in [2.24, 2.45) is 0 Å². The zero-order valence-corrected chi connectivity index (χ0v) is 15.0. The van der Waals surface area contributed by atoms with E-state index in [1.54, 1.807) is 12.4 Å². The second-order valence-corrected chi connectivity index (χ2v) is 6.76.